The van der Waals surface area contributed by atoms with Gasteiger partial charge in [-0.05, 0) is 37.1 Å². The van der Waals surface area contributed by atoms with Gasteiger partial charge in [0.1, 0.15) is 11.9 Å². The van der Waals surface area contributed by atoms with Gasteiger partial charge < -0.3 is 19.3 Å². The number of aromatic nitrogens is 4. The first-order chi connectivity index (χ1) is 13.7. The van der Waals surface area contributed by atoms with Crippen LogP contribution in [0.3, 0.4) is 0 Å². The number of nitrogens with zero attached hydrogens (tertiary/aromatic N) is 5. The number of benzene rings is 1. The Bertz CT molecular complexity index is 995. The van der Waals surface area contributed by atoms with Gasteiger partial charge in [0.2, 0.25) is 0 Å². The first-order valence-electron chi connectivity index (χ1n) is 9.63. The van der Waals surface area contributed by atoms with Gasteiger partial charge in [0.25, 0.3) is 11.8 Å². The second-order valence-corrected chi connectivity index (χ2v) is 7.42. The Balaban J connectivity index is 0.00000205. The van der Waals surface area contributed by atoms with Crippen LogP contribution in [0.25, 0.3) is 11.5 Å². The Morgan fingerprint density at radius 3 is 2.72 bits per heavy atom. The number of amides is 1. The number of halogens is 1. The maximum absolute atomic E-state index is 13.2. The molecule has 1 aliphatic carbocycles. The second-order valence-electron chi connectivity index (χ2n) is 7.42. The third-order valence-corrected chi connectivity index (χ3v) is 5.42. The van der Waals surface area contributed by atoms with Gasteiger partial charge in [-0.2, -0.15) is 4.98 Å². The Labute approximate surface area is 174 Å². The summed E-state index contributed by atoms with van der Waals surface area (Å²) >= 11 is 0. The highest BCUT2D eigenvalue weighted by molar-refractivity contribution is 5.95. The molecule has 9 heteroatoms. The summed E-state index contributed by atoms with van der Waals surface area (Å²) in [6.45, 7) is 2.11. The van der Waals surface area contributed by atoms with Gasteiger partial charge in [-0.15, -0.1) is 12.4 Å². The molecule has 0 bridgehead atoms. The molecule has 1 unspecified atom stereocenters. The largest absolute Gasteiger partial charge is 0.336 e. The maximum atomic E-state index is 13.2. The summed E-state index contributed by atoms with van der Waals surface area (Å²) in [6.07, 6.45) is 5.94. The molecule has 0 spiro atoms. The Morgan fingerprint density at radius 1 is 1.24 bits per heavy atom. The quantitative estimate of drug-likeness (QED) is 0.705. The monoisotopic (exact) mass is 414 g/mol. The van der Waals surface area contributed by atoms with Crippen molar-refractivity contribution in [2.24, 2.45) is 7.05 Å². The zero-order chi connectivity index (χ0) is 19.1. The summed E-state index contributed by atoms with van der Waals surface area (Å²) < 4.78 is 7.34. The van der Waals surface area contributed by atoms with E-state index >= 15 is 0 Å². The molecular formula is C20H23ClN6O2. The van der Waals surface area contributed by atoms with Crippen LogP contribution in [0.15, 0.2) is 41.2 Å². The van der Waals surface area contributed by atoms with Crippen LogP contribution in [-0.4, -0.2) is 50.1 Å². The number of carbonyl (C=O) groups is 1. The van der Waals surface area contributed by atoms with E-state index in [4.69, 9.17) is 4.52 Å². The van der Waals surface area contributed by atoms with E-state index in [0.717, 1.165) is 36.6 Å². The average Bonchev–Trinajstić information content (AvgIpc) is 3.31. The SMILES string of the molecule is Cl.Cn1ccnc1C1CNCCN1C(=O)c1ccc(-c2nc(C3CC3)no2)cc1. The number of hydrogen-bond donors (Lipinski definition) is 1. The molecule has 2 aromatic heterocycles. The lowest BCUT2D eigenvalue weighted by atomic mass is 10.1. The molecule has 8 nitrogen and oxygen atoms in total. The zero-order valence-electron chi connectivity index (χ0n) is 16.1. The predicted octanol–water partition coefficient (Wildman–Crippen LogP) is 2.56. The molecule has 1 aliphatic heterocycles. The van der Waals surface area contributed by atoms with Crippen LogP contribution in [0, 0.1) is 0 Å². The fourth-order valence-corrected chi connectivity index (χ4v) is 3.66. The molecule has 1 N–H and O–H groups in total. The second kappa shape index (κ2) is 7.96. The molecule has 2 fully saturated rings. The van der Waals surface area contributed by atoms with Crippen LogP contribution in [0.1, 0.15) is 46.8 Å². The first-order valence-corrected chi connectivity index (χ1v) is 9.63. The summed E-state index contributed by atoms with van der Waals surface area (Å²) in [5, 5.41) is 7.41. The third-order valence-electron chi connectivity index (χ3n) is 5.42. The van der Waals surface area contributed by atoms with E-state index in [0.29, 0.717) is 30.5 Å². The van der Waals surface area contributed by atoms with E-state index in [1.54, 1.807) is 6.20 Å². The maximum Gasteiger partial charge on any atom is 0.257 e. The summed E-state index contributed by atoms with van der Waals surface area (Å²) in [5.74, 6) is 2.64. The molecule has 0 radical (unpaired) electrons. The predicted molar refractivity (Wildman–Crippen MR) is 109 cm³/mol. The summed E-state index contributed by atoms with van der Waals surface area (Å²) in [4.78, 5) is 24.0. The lowest BCUT2D eigenvalue weighted by Gasteiger charge is -2.35. The minimum absolute atomic E-state index is 0. The van der Waals surface area contributed by atoms with Crippen molar-refractivity contribution in [2.75, 3.05) is 19.6 Å². The van der Waals surface area contributed by atoms with E-state index < -0.39 is 0 Å². The van der Waals surface area contributed by atoms with Crippen LogP contribution < -0.4 is 5.32 Å². The Kier molecular flexibility index (Phi) is 5.38. The Hall–Kier alpha value is -2.71. The van der Waals surface area contributed by atoms with Gasteiger partial charge >= 0.3 is 0 Å². The zero-order valence-corrected chi connectivity index (χ0v) is 16.9. The highest BCUT2D eigenvalue weighted by Gasteiger charge is 2.31. The van der Waals surface area contributed by atoms with Crippen molar-refractivity contribution in [1.29, 1.82) is 0 Å². The van der Waals surface area contributed by atoms with Gasteiger partial charge in [0.05, 0.1) is 0 Å². The van der Waals surface area contributed by atoms with Crippen molar-refractivity contribution >= 4 is 18.3 Å². The van der Waals surface area contributed by atoms with E-state index in [9.17, 15) is 4.79 Å². The van der Waals surface area contributed by atoms with Crippen molar-refractivity contribution in [3.63, 3.8) is 0 Å². The summed E-state index contributed by atoms with van der Waals surface area (Å²) in [5.41, 5.74) is 1.48. The van der Waals surface area contributed by atoms with Crippen molar-refractivity contribution in [1.82, 2.24) is 29.9 Å². The van der Waals surface area contributed by atoms with Gasteiger partial charge in [-0.25, -0.2) is 4.98 Å². The van der Waals surface area contributed by atoms with Crippen LogP contribution >= 0.6 is 12.4 Å². The van der Waals surface area contributed by atoms with Gasteiger partial charge in [0, 0.05) is 56.1 Å². The molecule has 1 atom stereocenters. The van der Waals surface area contributed by atoms with Crippen LogP contribution in [0.5, 0.6) is 0 Å². The fraction of sp³-hybridized carbons (Fsp3) is 0.400. The molecule has 1 amide bonds. The van der Waals surface area contributed by atoms with Crippen molar-refractivity contribution in [3.8, 4) is 11.5 Å². The number of piperazine rings is 1. The number of rotatable bonds is 4. The topological polar surface area (TPSA) is 89.1 Å². The van der Waals surface area contributed by atoms with Gasteiger partial charge in [-0.1, -0.05) is 5.16 Å². The Morgan fingerprint density at radius 2 is 2.03 bits per heavy atom. The normalized spacial score (nSPS) is 19.1. The first kappa shape index (κ1) is 19.6. The molecule has 1 saturated carbocycles. The molecule has 5 rings (SSSR count). The van der Waals surface area contributed by atoms with Crippen LogP contribution in [0.4, 0.5) is 0 Å². The van der Waals surface area contributed by atoms with Crippen molar-refractivity contribution in [2.45, 2.75) is 24.8 Å². The third kappa shape index (κ3) is 3.77. The van der Waals surface area contributed by atoms with E-state index in [-0.39, 0.29) is 24.4 Å². The lowest BCUT2D eigenvalue weighted by Crippen LogP contribution is -2.49. The fourth-order valence-electron chi connectivity index (χ4n) is 3.66. The summed E-state index contributed by atoms with van der Waals surface area (Å²) in [6, 6.07) is 7.31. The minimum Gasteiger partial charge on any atom is -0.336 e. The van der Waals surface area contributed by atoms with E-state index in [2.05, 4.69) is 20.4 Å². The molecule has 1 aromatic carbocycles. The average molecular weight is 415 g/mol. The molecule has 152 valence electrons. The van der Waals surface area contributed by atoms with Crippen molar-refractivity contribution < 1.29 is 9.32 Å². The molecule has 1 saturated heterocycles. The number of imidazole rings is 1. The standard InChI is InChI=1S/C20H22N6O2.ClH/c1-25-10-9-22-18(25)16-12-21-8-11-26(16)20(27)15-6-4-14(5-7-15)19-23-17(24-28-19)13-2-3-13;/h4-7,9-10,13,16,21H,2-3,8,11-12H2,1H3;1H. The highest BCUT2D eigenvalue weighted by Crippen LogP contribution is 2.38. The molecule has 3 heterocycles. The lowest BCUT2D eigenvalue weighted by molar-refractivity contribution is 0.0621. The van der Waals surface area contributed by atoms with E-state index in [1.165, 1.54) is 0 Å². The van der Waals surface area contributed by atoms with Crippen LogP contribution in [0.2, 0.25) is 0 Å². The summed E-state index contributed by atoms with van der Waals surface area (Å²) in [7, 11) is 1.95. The van der Waals surface area contributed by atoms with Gasteiger partial charge in [-0.3, -0.25) is 4.79 Å². The van der Waals surface area contributed by atoms with Crippen LogP contribution in [-0.2, 0) is 7.05 Å². The number of aryl methyl sites for hydroxylation is 1. The number of nitrogens with one attached hydrogen (secondary N) is 1. The van der Waals surface area contributed by atoms with E-state index in [1.807, 2.05) is 47.0 Å². The molecule has 29 heavy (non-hydrogen) atoms. The minimum atomic E-state index is -0.0852. The molecular weight excluding hydrogens is 392 g/mol. The number of hydrogen-bond acceptors (Lipinski definition) is 6. The molecule has 2 aliphatic rings. The highest BCUT2D eigenvalue weighted by atomic mass is 35.5. The molecule has 3 aromatic rings. The van der Waals surface area contributed by atoms with Crippen molar-refractivity contribution in [3.05, 3.63) is 53.9 Å². The number of carbonyl (C=O) groups excluding carboxylic acids is 1. The van der Waals surface area contributed by atoms with Gasteiger partial charge in [0.15, 0.2) is 5.82 Å². The smallest absolute Gasteiger partial charge is 0.257 e.